The Bertz CT molecular complexity index is 720. The van der Waals surface area contributed by atoms with Crippen molar-refractivity contribution in [1.82, 2.24) is 5.32 Å². The maximum Gasteiger partial charge on any atom is 0.258 e. The van der Waals surface area contributed by atoms with Gasteiger partial charge in [-0.05, 0) is 48.4 Å². The molecule has 3 rings (SSSR count). The lowest BCUT2D eigenvalue weighted by Crippen LogP contribution is -2.42. The van der Waals surface area contributed by atoms with Crippen molar-refractivity contribution in [3.8, 4) is 11.5 Å². The van der Waals surface area contributed by atoms with Gasteiger partial charge in [-0.2, -0.15) is 0 Å². The van der Waals surface area contributed by atoms with E-state index in [2.05, 4.69) is 5.32 Å². The van der Waals surface area contributed by atoms with Crippen LogP contribution in [0.4, 0.5) is 0 Å². The number of rotatable bonds is 5. The van der Waals surface area contributed by atoms with Crippen molar-refractivity contribution in [2.75, 3.05) is 20.8 Å². The Morgan fingerprint density at radius 1 is 1.29 bits per heavy atom. The Morgan fingerprint density at radius 2 is 2.00 bits per heavy atom. The number of ether oxygens (including phenoxy) is 2. The maximum atomic E-state index is 12.7. The van der Waals surface area contributed by atoms with Gasteiger partial charge in [-0.1, -0.05) is 6.07 Å². The van der Waals surface area contributed by atoms with Crippen molar-refractivity contribution in [3.05, 3.63) is 45.6 Å². The number of methoxy groups -OCH3 is 2. The van der Waals surface area contributed by atoms with E-state index in [-0.39, 0.29) is 12.5 Å². The lowest BCUT2D eigenvalue weighted by Gasteiger charge is -2.32. The van der Waals surface area contributed by atoms with Crippen LogP contribution in [0.1, 0.15) is 33.6 Å². The zero-order valence-corrected chi connectivity index (χ0v) is 14.6. The predicted molar refractivity (Wildman–Crippen MR) is 93.0 cm³/mol. The summed E-state index contributed by atoms with van der Waals surface area (Å²) in [6, 6.07) is 7.14. The van der Waals surface area contributed by atoms with Crippen LogP contribution >= 0.6 is 11.3 Å². The first kappa shape index (κ1) is 16.8. The quantitative estimate of drug-likeness (QED) is 0.873. The number of thiophene rings is 1. The van der Waals surface area contributed by atoms with Gasteiger partial charge in [0.25, 0.3) is 5.91 Å². The van der Waals surface area contributed by atoms with E-state index in [4.69, 9.17) is 9.47 Å². The number of nitrogens with one attached hydrogen (secondary N) is 1. The molecule has 1 amide bonds. The molecular weight excluding hydrogens is 326 g/mol. The van der Waals surface area contributed by atoms with Crippen molar-refractivity contribution >= 4 is 17.2 Å². The molecule has 5 nitrogen and oxygen atoms in total. The molecule has 0 bridgehead atoms. The van der Waals surface area contributed by atoms with Crippen molar-refractivity contribution in [3.63, 3.8) is 0 Å². The Hall–Kier alpha value is -2.05. The smallest absolute Gasteiger partial charge is 0.258 e. The molecule has 1 aromatic carbocycles. The molecule has 128 valence electrons. The molecule has 24 heavy (non-hydrogen) atoms. The molecule has 0 saturated carbocycles. The topological polar surface area (TPSA) is 67.8 Å². The molecule has 0 saturated heterocycles. The molecule has 6 heteroatoms. The summed E-state index contributed by atoms with van der Waals surface area (Å²) in [5.74, 6) is 0.567. The van der Waals surface area contributed by atoms with Gasteiger partial charge in [0.2, 0.25) is 0 Å². The number of amides is 1. The van der Waals surface area contributed by atoms with Crippen LogP contribution in [0.15, 0.2) is 29.6 Å². The summed E-state index contributed by atoms with van der Waals surface area (Å²) in [5.41, 5.74) is 0.261. The molecule has 0 spiro atoms. The summed E-state index contributed by atoms with van der Waals surface area (Å²) >= 11 is 1.66. The van der Waals surface area contributed by atoms with Gasteiger partial charge in [-0.3, -0.25) is 4.79 Å². The largest absolute Gasteiger partial charge is 0.496 e. The van der Waals surface area contributed by atoms with Gasteiger partial charge in [0.1, 0.15) is 22.7 Å². The van der Waals surface area contributed by atoms with E-state index in [1.54, 1.807) is 29.5 Å². The third-order valence-corrected chi connectivity index (χ3v) is 5.42. The van der Waals surface area contributed by atoms with Crippen LogP contribution in [-0.4, -0.2) is 31.8 Å². The zero-order chi connectivity index (χ0) is 17.2. The van der Waals surface area contributed by atoms with Crippen molar-refractivity contribution in [1.29, 1.82) is 0 Å². The summed E-state index contributed by atoms with van der Waals surface area (Å²) in [7, 11) is 3.02. The molecule has 2 aromatic rings. The van der Waals surface area contributed by atoms with Gasteiger partial charge in [0.05, 0.1) is 20.8 Å². The summed E-state index contributed by atoms with van der Waals surface area (Å²) in [4.78, 5) is 13.9. The first-order valence-corrected chi connectivity index (χ1v) is 8.75. The molecule has 0 fully saturated rings. The Balaban J connectivity index is 1.80. The minimum Gasteiger partial charge on any atom is -0.496 e. The van der Waals surface area contributed by atoms with Gasteiger partial charge >= 0.3 is 0 Å². The van der Waals surface area contributed by atoms with Crippen LogP contribution in [0.5, 0.6) is 11.5 Å². The zero-order valence-electron chi connectivity index (χ0n) is 13.8. The monoisotopic (exact) mass is 347 g/mol. The minimum absolute atomic E-state index is 0.163. The molecule has 1 aromatic heterocycles. The highest BCUT2D eigenvalue weighted by Gasteiger charge is 2.35. The van der Waals surface area contributed by atoms with Crippen LogP contribution in [-0.2, 0) is 12.0 Å². The first-order valence-electron chi connectivity index (χ1n) is 7.87. The van der Waals surface area contributed by atoms with E-state index >= 15 is 0 Å². The summed E-state index contributed by atoms with van der Waals surface area (Å²) < 4.78 is 10.5. The molecule has 1 aliphatic rings. The Kier molecular flexibility index (Phi) is 4.78. The number of hydrogen-bond acceptors (Lipinski definition) is 5. The van der Waals surface area contributed by atoms with Crippen LogP contribution < -0.4 is 14.8 Å². The molecule has 0 aliphatic heterocycles. The van der Waals surface area contributed by atoms with Crippen LogP contribution in [0.25, 0.3) is 0 Å². The molecule has 2 N–H and O–H groups in total. The number of hydrogen-bond donors (Lipinski definition) is 2. The minimum atomic E-state index is -1.02. The number of carbonyl (C=O) groups excluding carboxylic acids is 1. The Morgan fingerprint density at radius 3 is 2.67 bits per heavy atom. The lowest BCUT2D eigenvalue weighted by atomic mass is 9.83. The highest BCUT2D eigenvalue weighted by Crippen LogP contribution is 2.38. The Labute approximate surface area is 145 Å². The third kappa shape index (κ3) is 2.99. The third-order valence-electron chi connectivity index (χ3n) is 4.44. The fraction of sp³-hybridized carbons (Fsp3) is 0.389. The number of aliphatic hydroxyl groups is 1. The maximum absolute atomic E-state index is 12.7. The fourth-order valence-electron chi connectivity index (χ4n) is 3.20. The van der Waals surface area contributed by atoms with Crippen LogP contribution in [0.3, 0.4) is 0 Å². The van der Waals surface area contributed by atoms with Gasteiger partial charge in [-0.15, -0.1) is 11.3 Å². The molecule has 1 unspecified atom stereocenters. The first-order chi connectivity index (χ1) is 11.6. The van der Waals surface area contributed by atoms with E-state index in [0.717, 1.165) is 18.4 Å². The predicted octanol–water partition coefficient (Wildman–Crippen LogP) is 2.72. The SMILES string of the molecule is COc1cccc(OC)c1C(=O)NCC1(O)CCCc2sccc21. The average molecular weight is 347 g/mol. The number of fused-ring (bicyclic) bond motifs is 1. The average Bonchev–Trinajstić information content (AvgIpc) is 3.09. The normalized spacial score (nSPS) is 19.5. The van der Waals surface area contributed by atoms with Crippen molar-refractivity contribution in [2.45, 2.75) is 24.9 Å². The summed E-state index contributed by atoms with van der Waals surface area (Å²) in [6.45, 7) is 0.163. The van der Waals surface area contributed by atoms with Crippen LogP contribution in [0, 0.1) is 0 Å². The van der Waals surface area contributed by atoms with Crippen molar-refractivity contribution in [2.24, 2.45) is 0 Å². The van der Waals surface area contributed by atoms with Gasteiger partial charge in [-0.25, -0.2) is 0 Å². The number of benzene rings is 1. The molecule has 0 radical (unpaired) electrons. The highest BCUT2D eigenvalue weighted by molar-refractivity contribution is 7.10. The van der Waals surface area contributed by atoms with E-state index in [1.165, 1.54) is 19.1 Å². The fourth-order valence-corrected chi connectivity index (χ4v) is 4.21. The second-order valence-electron chi connectivity index (χ2n) is 5.86. The molecular formula is C18H21NO4S. The van der Waals surface area contributed by atoms with Crippen molar-refractivity contribution < 1.29 is 19.4 Å². The van der Waals surface area contributed by atoms with E-state index in [1.807, 2.05) is 11.4 Å². The van der Waals surface area contributed by atoms with Gasteiger partial charge in [0.15, 0.2) is 0 Å². The summed E-state index contributed by atoms with van der Waals surface area (Å²) in [5, 5.41) is 15.8. The second-order valence-corrected chi connectivity index (χ2v) is 6.86. The van der Waals surface area contributed by atoms with Crippen LogP contribution in [0.2, 0.25) is 0 Å². The lowest BCUT2D eigenvalue weighted by molar-refractivity contribution is 0.0197. The van der Waals surface area contributed by atoms with E-state index in [0.29, 0.717) is 23.5 Å². The standard InChI is InChI=1S/C18H21NO4S/c1-22-13-5-3-6-14(23-2)16(13)17(20)19-11-18(21)9-4-7-15-12(18)8-10-24-15/h3,5-6,8,10,21H,4,7,9,11H2,1-2H3,(H,19,20). The van der Waals surface area contributed by atoms with E-state index < -0.39 is 5.60 Å². The number of aryl methyl sites for hydroxylation is 1. The highest BCUT2D eigenvalue weighted by atomic mass is 32.1. The van der Waals surface area contributed by atoms with Gasteiger partial charge < -0.3 is 19.9 Å². The summed E-state index contributed by atoms with van der Waals surface area (Å²) in [6.07, 6.45) is 2.54. The molecule has 1 atom stereocenters. The van der Waals surface area contributed by atoms with Gasteiger partial charge in [0, 0.05) is 4.88 Å². The number of carbonyl (C=O) groups is 1. The molecule has 1 aliphatic carbocycles. The van der Waals surface area contributed by atoms with E-state index in [9.17, 15) is 9.90 Å². The molecule has 1 heterocycles. The second kappa shape index (κ2) is 6.83.